The third-order valence-corrected chi connectivity index (χ3v) is 2.66. The van der Waals surface area contributed by atoms with Crippen LogP contribution in [0.4, 0.5) is 0 Å². The Balaban J connectivity index is 2.52. The largest absolute Gasteiger partial charge is 0.496 e. The second-order valence-electron chi connectivity index (χ2n) is 3.85. The molecule has 0 radical (unpaired) electrons. The second-order valence-corrected chi connectivity index (χ2v) is 4.29. The highest BCUT2D eigenvalue weighted by atomic mass is 35.5. The van der Waals surface area contributed by atoms with Gasteiger partial charge in [-0.15, -0.1) is 0 Å². The minimum atomic E-state index is -0.173. The molecule has 0 atom stereocenters. The van der Waals surface area contributed by atoms with Gasteiger partial charge in [0.15, 0.2) is 0 Å². The lowest BCUT2D eigenvalue weighted by Gasteiger charge is -2.10. The van der Waals surface area contributed by atoms with E-state index in [0.29, 0.717) is 22.9 Å². The summed E-state index contributed by atoms with van der Waals surface area (Å²) in [6, 6.07) is 4.99. The van der Waals surface area contributed by atoms with E-state index >= 15 is 0 Å². The maximum Gasteiger partial charge on any atom is 0.255 e. The number of hydrogen-bond acceptors (Lipinski definition) is 3. The minimum Gasteiger partial charge on any atom is -0.496 e. The van der Waals surface area contributed by atoms with Crippen molar-refractivity contribution in [3.63, 3.8) is 0 Å². The summed E-state index contributed by atoms with van der Waals surface area (Å²) in [5, 5.41) is 6.55. The van der Waals surface area contributed by atoms with E-state index in [2.05, 4.69) is 17.6 Å². The van der Waals surface area contributed by atoms with E-state index in [0.717, 1.165) is 19.5 Å². The standard InChI is InChI=1S/C13H19ClN2O2/c1-3-6-15-7-8-16-13(17)11-9-10(14)4-5-12(11)18-2/h4-5,9,15H,3,6-8H2,1-2H3,(H,16,17). The number of methoxy groups -OCH3 is 1. The Labute approximate surface area is 113 Å². The van der Waals surface area contributed by atoms with Crippen molar-refractivity contribution >= 4 is 17.5 Å². The summed E-state index contributed by atoms with van der Waals surface area (Å²) < 4.78 is 5.13. The normalized spacial score (nSPS) is 10.2. The fourth-order valence-electron chi connectivity index (χ4n) is 1.52. The first kappa shape index (κ1) is 14.8. The van der Waals surface area contributed by atoms with Gasteiger partial charge < -0.3 is 15.4 Å². The van der Waals surface area contributed by atoms with Gasteiger partial charge >= 0.3 is 0 Å². The predicted molar refractivity (Wildman–Crippen MR) is 73.5 cm³/mol. The lowest BCUT2D eigenvalue weighted by atomic mass is 10.2. The van der Waals surface area contributed by atoms with E-state index in [1.807, 2.05) is 0 Å². The summed E-state index contributed by atoms with van der Waals surface area (Å²) in [4.78, 5) is 11.9. The van der Waals surface area contributed by atoms with Crippen LogP contribution in [0, 0.1) is 0 Å². The molecule has 1 aromatic carbocycles. The van der Waals surface area contributed by atoms with E-state index < -0.39 is 0 Å². The van der Waals surface area contributed by atoms with E-state index in [9.17, 15) is 4.79 Å². The summed E-state index contributed by atoms with van der Waals surface area (Å²) >= 11 is 5.87. The Morgan fingerprint density at radius 2 is 2.11 bits per heavy atom. The van der Waals surface area contributed by atoms with Crippen LogP contribution in [0.25, 0.3) is 0 Å². The Kier molecular flexibility index (Phi) is 6.54. The lowest BCUT2D eigenvalue weighted by Crippen LogP contribution is -2.32. The summed E-state index contributed by atoms with van der Waals surface area (Å²) in [5.74, 6) is 0.353. The zero-order chi connectivity index (χ0) is 13.4. The average molecular weight is 271 g/mol. The van der Waals surface area contributed by atoms with Gasteiger partial charge in [0.2, 0.25) is 0 Å². The van der Waals surface area contributed by atoms with Crippen LogP contribution in [0.3, 0.4) is 0 Å². The molecule has 5 heteroatoms. The Hall–Kier alpha value is -1.26. The molecule has 0 bridgehead atoms. The number of carbonyl (C=O) groups excluding carboxylic acids is 1. The van der Waals surface area contributed by atoms with Crippen molar-refractivity contribution in [3.8, 4) is 5.75 Å². The highest BCUT2D eigenvalue weighted by Crippen LogP contribution is 2.22. The zero-order valence-electron chi connectivity index (χ0n) is 10.8. The van der Waals surface area contributed by atoms with E-state index in [4.69, 9.17) is 16.3 Å². The van der Waals surface area contributed by atoms with Crippen molar-refractivity contribution < 1.29 is 9.53 Å². The molecule has 0 saturated carbocycles. The predicted octanol–water partition coefficient (Wildman–Crippen LogP) is 2.08. The van der Waals surface area contributed by atoms with Gasteiger partial charge in [0.25, 0.3) is 5.91 Å². The Morgan fingerprint density at radius 3 is 2.78 bits per heavy atom. The first-order valence-electron chi connectivity index (χ1n) is 6.01. The molecule has 0 aliphatic heterocycles. The number of amides is 1. The van der Waals surface area contributed by atoms with Crippen LogP contribution in [-0.4, -0.2) is 32.7 Å². The highest BCUT2D eigenvalue weighted by molar-refractivity contribution is 6.31. The number of hydrogen-bond donors (Lipinski definition) is 2. The molecule has 0 aliphatic rings. The van der Waals surface area contributed by atoms with Crippen LogP contribution >= 0.6 is 11.6 Å². The average Bonchev–Trinajstić information content (AvgIpc) is 2.38. The Morgan fingerprint density at radius 1 is 1.33 bits per heavy atom. The van der Waals surface area contributed by atoms with Crippen molar-refractivity contribution in [3.05, 3.63) is 28.8 Å². The number of carbonyl (C=O) groups is 1. The van der Waals surface area contributed by atoms with Crippen molar-refractivity contribution in [2.75, 3.05) is 26.7 Å². The molecule has 18 heavy (non-hydrogen) atoms. The molecular formula is C13H19ClN2O2. The third kappa shape index (κ3) is 4.55. The van der Waals surface area contributed by atoms with Gasteiger partial charge in [-0.2, -0.15) is 0 Å². The first-order valence-corrected chi connectivity index (χ1v) is 6.39. The van der Waals surface area contributed by atoms with E-state index in [-0.39, 0.29) is 5.91 Å². The highest BCUT2D eigenvalue weighted by Gasteiger charge is 2.11. The fourth-order valence-corrected chi connectivity index (χ4v) is 1.69. The maximum absolute atomic E-state index is 11.9. The smallest absolute Gasteiger partial charge is 0.255 e. The summed E-state index contributed by atoms with van der Waals surface area (Å²) in [6.45, 7) is 4.38. The molecule has 100 valence electrons. The first-order chi connectivity index (χ1) is 8.69. The van der Waals surface area contributed by atoms with E-state index in [1.54, 1.807) is 18.2 Å². The van der Waals surface area contributed by atoms with Gasteiger partial charge in [-0.25, -0.2) is 0 Å². The lowest BCUT2D eigenvalue weighted by molar-refractivity contribution is 0.0951. The van der Waals surface area contributed by atoms with Crippen LogP contribution in [0.2, 0.25) is 5.02 Å². The summed E-state index contributed by atoms with van der Waals surface area (Å²) in [6.07, 6.45) is 1.08. The molecule has 0 spiro atoms. The van der Waals surface area contributed by atoms with Crippen LogP contribution < -0.4 is 15.4 Å². The van der Waals surface area contributed by atoms with Crippen molar-refractivity contribution in [1.29, 1.82) is 0 Å². The maximum atomic E-state index is 11.9. The number of ether oxygens (including phenoxy) is 1. The molecule has 1 rings (SSSR count). The van der Waals surface area contributed by atoms with Gasteiger partial charge in [0.05, 0.1) is 12.7 Å². The number of benzene rings is 1. The topological polar surface area (TPSA) is 50.4 Å². The van der Waals surface area contributed by atoms with Crippen molar-refractivity contribution in [1.82, 2.24) is 10.6 Å². The summed E-state index contributed by atoms with van der Waals surface area (Å²) in [5.41, 5.74) is 0.459. The van der Waals surface area contributed by atoms with E-state index in [1.165, 1.54) is 7.11 Å². The quantitative estimate of drug-likeness (QED) is 0.746. The monoisotopic (exact) mass is 270 g/mol. The second kappa shape index (κ2) is 7.95. The van der Waals surface area contributed by atoms with Gasteiger partial charge in [-0.3, -0.25) is 4.79 Å². The minimum absolute atomic E-state index is 0.173. The third-order valence-electron chi connectivity index (χ3n) is 2.42. The molecule has 4 nitrogen and oxygen atoms in total. The zero-order valence-corrected chi connectivity index (χ0v) is 11.5. The molecule has 0 unspecified atom stereocenters. The van der Waals surface area contributed by atoms with Crippen LogP contribution in [0.15, 0.2) is 18.2 Å². The van der Waals surface area contributed by atoms with Crippen LogP contribution in [0.5, 0.6) is 5.75 Å². The molecule has 0 heterocycles. The molecule has 0 saturated heterocycles. The van der Waals surface area contributed by atoms with Gasteiger partial charge in [0.1, 0.15) is 5.75 Å². The fraction of sp³-hybridized carbons (Fsp3) is 0.462. The number of rotatable bonds is 7. The van der Waals surface area contributed by atoms with Crippen LogP contribution in [0.1, 0.15) is 23.7 Å². The van der Waals surface area contributed by atoms with Crippen molar-refractivity contribution in [2.45, 2.75) is 13.3 Å². The van der Waals surface area contributed by atoms with Gasteiger partial charge in [-0.05, 0) is 31.2 Å². The molecule has 2 N–H and O–H groups in total. The SMILES string of the molecule is CCCNCCNC(=O)c1cc(Cl)ccc1OC. The molecule has 1 aromatic rings. The van der Waals surface area contributed by atoms with Crippen LogP contribution in [-0.2, 0) is 0 Å². The van der Waals surface area contributed by atoms with Crippen molar-refractivity contribution in [2.24, 2.45) is 0 Å². The van der Waals surface area contributed by atoms with Gasteiger partial charge in [0, 0.05) is 18.1 Å². The number of nitrogens with one attached hydrogen (secondary N) is 2. The molecule has 1 amide bonds. The Bertz CT molecular complexity index is 397. The molecule has 0 aromatic heterocycles. The molecular weight excluding hydrogens is 252 g/mol. The molecule has 0 fully saturated rings. The molecule has 0 aliphatic carbocycles. The summed E-state index contributed by atoms with van der Waals surface area (Å²) in [7, 11) is 1.53. The number of halogens is 1. The van der Waals surface area contributed by atoms with Gasteiger partial charge in [-0.1, -0.05) is 18.5 Å².